The van der Waals surface area contributed by atoms with Crippen LogP contribution >= 0.6 is 0 Å². The first-order valence-electron chi connectivity index (χ1n) is 13.5. The average molecular weight is 455 g/mol. The van der Waals surface area contributed by atoms with Crippen LogP contribution in [0, 0.1) is 23.7 Å². The van der Waals surface area contributed by atoms with Crippen molar-refractivity contribution in [1.82, 2.24) is 0 Å². The molecule has 0 unspecified atom stereocenters. The van der Waals surface area contributed by atoms with Crippen molar-refractivity contribution in [3.63, 3.8) is 0 Å². The number of rotatable bonds is 14. The molecule has 0 bridgehead atoms. The summed E-state index contributed by atoms with van der Waals surface area (Å²) in [6, 6.07) is 16.5. The second-order valence-electron chi connectivity index (χ2n) is 9.26. The fourth-order valence-corrected chi connectivity index (χ4v) is 4.02. The van der Waals surface area contributed by atoms with Crippen molar-refractivity contribution in [3.05, 3.63) is 70.8 Å². The summed E-state index contributed by atoms with van der Waals surface area (Å²) >= 11 is 0. The molecule has 0 saturated carbocycles. The van der Waals surface area contributed by atoms with Crippen LogP contribution in [0.2, 0.25) is 0 Å². The SMILES string of the molecule is CCCCCCCCc1ccc(C#CC(=O)C#Cc2ccc(CCCCCCCC)cc2)cc1. The minimum absolute atomic E-state index is 0.340. The first-order valence-corrected chi connectivity index (χ1v) is 13.5. The van der Waals surface area contributed by atoms with E-state index in [0.29, 0.717) is 0 Å². The van der Waals surface area contributed by atoms with E-state index < -0.39 is 0 Å². The number of ketones is 1. The van der Waals surface area contributed by atoms with E-state index in [2.05, 4.69) is 61.8 Å². The number of benzene rings is 2. The van der Waals surface area contributed by atoms with Gasteiger partial charge in [0.25, 0.3) is 5.78 Å². The van der Waals surface area contributed by atoms with Crippen molar-refractivity contribution in [3.8, 4) is 23.7 Å². The van der Waals surface area contributed by atoms with Gasteiger partial charge in [0.15, 0.2) is 0 Å². The van der Waals surface area contributed by atoms with Crippen LogP contribution < -0.4 is 0 Å². The highest BCUT2D eigenvalue weighted by Gasteiger charge is 1.97. The predicted octanol–water partition coefficient (Wildman–Crippen LogP) is 8.46. The van der Waals surface area contributed by atoms with Gasteiger partial charge >= 0.3 is 0 Å². The third-order valence-electron chi connectivity index (χ3n) is 6.19. The third kappa shape index (κ3) is 12.5. The van der Waals surface area contributed by atoms with Crippen LogP contribution in [0.3, 0.4) is 0 Å². The summed E-state index contributed by atoms with van der Waals surface area (Å²) in [6.07, 6.45) is 18.0. The molecule has 0 spiro atoms. The van der Waals surface area contributed by atoms with Gasteiger partial charge in [-0.3, -0.25) is 4.79 Å². The van der Waals surface area contributed by atoms with Gasteiger partial charge in [0.05, 0.1) is 0 Å². The molecule has 0 aliphatic heterocycles. The highest BCUT2D eigenvalue weighted by molar-refractivity contribution is 6.09. The lowest BCUT2D eigenvalue weighted by Gasteiger charge is -2.02. The molecule has 1 heteroatoms. The number of carbonyl (C=O) groups is 1. The molecule has 0 aliphatic carbocycles. The molecule has 0 radical (unpaired) electrons. The minimum Gasteiger partial charge on any atom is -0.270 e. The minimum atomic E-state index is -0.340. The van der Waals surface area contributed by atoms with Crippen LogP contribution in [0.5, 0.6) is 0 Å². The maximum absolute atomic E-state index is 12.1. The Hall–Kier alpha value is -2.77. The Labute approximate surface area is 208 Å². The summed E-state index contributed by atoms with van der Waals surface area (Å²) < 4.78 is 0. The smallest absolute Gasteiger partial charge is 0.270 e. The van der Waals surface area contributed by atoms with Gasteiger partial charge in [-0.1, -0.05) is 114 Å². The van der Waals surface area contributed by atoms with Gasteiger partial charge in [-0.25, -0.2) is 0 Å². The molecule has 180 valence electrons. The second-order valence-corrected chi connectivity index (χ2v) is 9.26. The topological polar surface area (TPSA) is 17.1 Å². The lowest BCUT2D eigenvalue weighted by Crippen LogP contribution is -1.89. The molecule has 2 aromatic carbocycles. The van der Waals surface area contributed by atoms with E-state index in [0.717, 1.165) is 24.0 Å². The molecular formula is C33H42O. The predicted molar refractivity (Wildman–Crippen MR) is 146 cm³/mol. The fourth-order valence-electron chi connectivity index (χ4n) is 4.02. The highest BCUT2D eigenvalue weighted by atomic mass is 16.1. The largest absolute Gasteiger partial charge is 0.279 e. The van der Waals surface area contributed by atoms with Crippen LogP contribution in [0.25, 0.3) is 0 Å². The Bertz CT molecular complexity index is 863. The number of Topliss-reactive ketones (excluding diaryl/α,β-unsaturated/α-hetero) is 1. The molecular weight excluding hydrogens is 412 g/mol. The number of hydrogen-bond donors (Lipinski definition) is 0. The number of aryl methyl sites for hydroxylation is 2. The number of carbonyl (C=O) groups excluding carboxylic acids is 1. The van der Waals surface area contributed by atoms with Crippen molar-refractivity contribution in [2.45, 2.75) is 104 Å². The Balaban J connectivity index is 1.73. The molecule has 0 N–H and O–H groups in total. The number of unbranched alkanes of at least 4 members (excludes halogenated alkanes) is 10. The van der Waals surface area contributed by atoms with E-state index in [1.165, 1.54) is 88.2 Å². The Kier molecular flexibility index (Phi) is 14.3. The molecule has 0 aliphatic rings. The zero-order valence-corrected chi connectivity index (χ0v) is 21.4. The van der Waals surface area contributed by atoms with Crippen LogP contribution in [0.1, 0.15) is 113 Å². The molecule has 0 aromatic heterocycles. The van der Waals surface area contributed by atoms with Crippen molar-refractivity contribution in [2.75, 3.05) is 0 Å². The third-order valence-corrected chi connectivity index (χ3v) is 6.19. The van der Waals surface area contributed by atoms with Crippen LogP contribution in [0.15, 0.2) is 48.5 Å². The van der Waals surface area contributed by atoms with E-state index in [9.17, 15) is 4.79 Å². The van der Waals surface area contributed by atoms with Crippen LogP contribution in [-0.2, 0) is 17.6 Å². The lowest BCUT2D eigenvalue weighted by atomic mass is 10.0. The maximum atomic E-state index is 12.1. The van der Waals surface area contributed by atoms with Crippen LogP contribution in [0.4, 0.5) is 0 Å². The zero-order chi connectivity index (χ0) is 24.3. The van der Waals surface area contributed by atoms with E-state index in [4.69, 9.17) is 0 Å². The highest BCUT2D eigenvalue weighted by Crippen LogP contribution is 2.12. The van der Waals surface area contributed by atoms with Gasteiger partial charge in [-0.2, -0.15) is 0 Å². The molecule has 2 aromatic rings. The Morgan fingerprint density at radius 1 is 0.529 bits per heavy atom. The van der Waals surface area contributed by atoms with Gasteiger partial charge in [0, 0.05) is 11.1 Å². The van der Waals surface area contributed by atoms with Crippen LogP contribution in [-0.4, -0.2) is 5.78 Å². The van der Waals surface area contributed by atoms with Crippen molar-refractivity contribution in [2.24, 2.45) is 0 Å². The quantitative estimate of drug-likeness (QED) is 0.207. The van der Waals surface area contributed by atoms with E-state index >= 15 is 0 Å². The maximum Gasteiger partial charge on any atom is 0.279 e. The monoisotopic (exact) mass is 454 g/mol. The van der Waals surface area contributed by atoms with Gasteiger partial charge in [-0.05, 0) is 72.9 Å². The van der Waals surface area contributed by atoms with Gasteiger partial charge in [0.1, 0.15) is 0 Å². The Morgan fingerprint density at radius 3 is 1.26 bits per heavy atom. The van der Waals surface area contributed by atoms with E-state index in [-0.39, 0.29) is 5.78 Å². The summed E-state index contributed by atoms with van der Waals surface area (Å²) in [7, 11) is 0. The molecule has 0 fully saturated rings. The molecule has 0 saturated heterocycles. The second kappa shape index (κ2) is 17.7. The summed E-state index contributed by atoms with van der Waals surface area (Å²) in [5.74, 6) is 10.9. The molecule has 0 heterocycles. The summed E-state index contributed by atoms with van der Waals surface area (Å²) in [5.41, 5.74) is 4.40. The molecule has 0 amide bonds. The van der Waals surface area contributed by atoms with E-state index in [1.54, 1.807) is 0 Å². The van der Waals surface area contributed by atoms with Gasteiger partial charge in [0.2, 0.25) is 0 Å². The molecule has 0 atom stereocenters. The fraction of sp³-hybridized carbons (Fsp3) is 0.485. The summed E-state index contributed by atoms with van der Waals surface area (Å²) in [4.78, 5) is 12.1. The summed E-state index contributed by atoms with van der Waals surface area (Å²) in [6.45, 7) is 4.50. The van der Waals surface area contributed by atoms with Gasteiger partial charge < -0.3 is 0 Å². The first kappa shape index (κ1) is 27.5. The summed E-state index contributed by atoms with van der Waals surface area (Å²) in [5, 5.41) is 0. The van der Waals surface area contributed by atoms with Crippen molar-refractivity contribution >= 4 is 5.78 Å². The lowest BCUT2D eigenvalue weighted by molar-refractivity contribution is -0.108. The Morgan fingerprint density at radius 2 is 0.882 bits per heavy atom. The molecule has 34 heavy (non-hydrogen) atoms. The molecule has 2 rings (SSSR count). The normalized spacial score (nSPS) is 10.2. The standard InChI is InChI=1S/C33H42O/c1-3-5-7-9-11-13-15-29-17-21-31(22-18-29)25-27-33(34)28-26-32-23-19-30(20-24-32)16-14-12-10-8-6-4-2/h17-24H,3-16H2,1-2H3. The van der Waals surface area contributed by atoms with Gasteiger partial charge in [-0.15, -0.1) is 0 Å². The molecule has 1 nitrogen and oxygen atoms in total. The zero-order valence-electron chi connectivity index (χ0n) is 21.4. The van der Waals surface area contributed by atoms with Crippen molar-refractivity contribution < 1.29 is 4.79 Å². The number of hydrogen-bond acceptors (Lipinski definition) is 1. The van der Waals surface area contributed by atoms with Crippen molar-refractivity contribution in [1.29, 1.82) is 0 Å². The average Bonchev–Trinajstić information content (AvgIpc) is 2.87. The first-order chi connectivity index (χ1) is 16.7. The van der Waals surface area contributed by atoms with E-state index in [1.807, 2.05) is 24.3 Å².